The van der Waals surface area contributed by atoms with Crippen molar-refractivity contribution in [3.8, 4) is 10.7 Å². The number of nitrogens with one attached hydrogen (secondary N) is 1. The summed E-state index contributed by atoms with van der Waals surface area (Å²) < 4.78 is 7.84. The van der Waals surface area contributed by atoms with E-state index >= 15 is 0 Å². The second-order valence-electron chi connectivity index (χ2n) is 5.35. The van der Waals surface area contributed by atoms with Crippen LogP contribution in [0.2, 0.25) is 0 Å². The third kappa shape index (κ3) is 2.82. The number of ether oxygens (including phenoxy) is 1. The highest BCUT2D eigenvalue weighted by molar-refractivity contribution is 7.18. The fourth-order valence-electron chi connectivity index (χ4n) is 2.68. The number of aryl methyl sites for hydroxylation is 1. The van der Waals surface area contributed by atoms with E-state index in [2.05, 4.69) is 25.5 Å². The minimum atomic E-state index is -0.0720. The summed E-state index contributed by atoms with van der Waals surface area (Å²) in [5, 5.41) is 13.5. The van der Waals surface area contributed by atoms with Gasteiger partial charge in [-0.15, -0.1) is 10.2 Å². The van der Waals surface area contributed by atoms with Crippen molar-refractivity contribution in [2.24, 2.45) is 7.05 Å². The van der Waals surface area contributed by atoms with Crippen LogP contribution in [-0.2, 0) is 11.8 Å². The molecule has 1 aliphatic rings. The fraction of sp³-hybridized carbons (Fsp3) is 0.333. The van der Waals surface area contributed by atoms with Crippen LogP contribution >= 0.6 is 11.3 Å². The predicted octanol–water partition coefficient (Wildman–Crippen LogP) is 2.28. The lowest BCUT2D eigenvalue weighted by Gasteiger charge is -2.18. The van der Waals surface area contributed by atoms with Crippen molar-refractivity contribution in [1.29, 1.82) is 0 Å². The number of anilines is 1. The van der Waals surface area contributed by atoms with Crippen LogP contribution < -0.4 is 5.32 Å². The average molecular weight is 328 g/mol. The van der Waals surface area contributed by atoms with E-state index in [4.69, 9.17) is 4.74 Å². The van der Waals surface area contributed by atoms with Gasteiger partial charge in [-0.2, -0.15) is 0 Å². The summed E-state index contributed by atoms with van der Waals surface area (Å²) in [7, 11) is 1.98. The summed E-state index contributed by atoms with van der Waals surface area (Å²) >= 11 is 1.50. The average Bonchev–Trinajstić information content (AvgIpc) is 3.30. The zero-order valence-electron chi connectivity index (χ0n) is 12.6. The Balaban J connectivity index is 1.52. The molecule has 0 spiro atoms. The Hall–Kier alpha value is -2.32. The Morgan fingerprint density at radius 3 is 3.00 bits per heavy atom. The van der Waals surface area contributed by atoms with Gasteiger partial charge in [-0.25, -0.2) is 4.98 Å². The molecule has 0 aromatic carbocycles. The highest BCUT2D eigenvalue weighted by Crippen LogP contribution is 2.32. The quantitative estimate of drug-likeness (QED) is 0.791. The van der Waals surface area contributed by atoms with Crippen molar-refractivity contribution in [2.75, 3.05) is 11.9 Å². The number of rotatable bonds is 4. The van der Waals surface area contributed by atoms with E-state index in [9.17, 15) is 0 Å². The first kappa shape index (κ1) is 14.3. The number of pyridine rings is 1. The monoisotopic (exact) mass is 328 g/mol. The van der Waals surface area contributed by atoms with Crippen LogP contribution in [0.1, 0.15) is 18.3 Å². The summed E-state index contributed by atoms with van der Waals surface area (Å²) in [6, 6.07) is 5.90. The smallest absolute Gasteiger partial charge is 0.206 e. The van der Waals surface area contributed by atoms with E-state index in [1.54, 1.807) is 12.4 Å². The van der Waals surface area contributed by atoms with Crippen LogP contribution in [0.25, 0.3) is 10.7 Å². The van der Waals surface area contributed by atoms with Crippen molar-refractivity contribution in [3.05, 3.63) is 42.6 Å². The summed E-state index contributed by atoms with van der Waals surface area (Å²) in [5.41, 5.74) is 0.835. The highest BCUT2D eigenvalue weighted by atomic mass is 32.1. The molecule has 2 atom stereocenters. The Kier molecular flexibility index (Phi) is 3.76. The van der Waals surface area contributed by atoms with Gasteiger partial charge in [0, 0.05) is 32.2 Å². The minimum absolute atomic E-state index is 0.0720. The van der Waals surface area contributed by atoms with Gasteiger partial charge in [0.1, 0.15) is 17.6 Å². The van der Waals surface area contributed by atoms with Crippen molar-refractivity contribution in [1.82, 2.24) is 24.7 Å². The summed E-state index contributed by atoms with van der Waals surface area (Å²) in [6.07, 6.45) is 6.32. The van der Waals surface area contributed by atoms with Crippen molar-refractivity contribution in [3.63, 3.8) is 0 Å². The van der Waals surface area contributed by atoms with Gasteiger partial charge in [-0.1, -0.05) is 17.4 Å². The van der Waals surface area contributed by atoms with Gasteiger partial charge < -0.3 is 14.6 Å². The molecule has 4 heterocycles. The van der Waals surface area contributed by atoms with E-state index in [1.807, 2.05) is 36.0 Å². The standard InChI is InChI=1S/C15H16N6OS/c1-21-8-7-17-13(21)12-10(5-9-22-12)18-15-20-19-14(23-15)11-4-2-3-6-16-11/h2-4,6-8,10,12H,5,9H2,1H3,(H,18,20)/t10-,12-/m0/s1. The minimum Gasteiger partial charge on any atom is -0.368 e. The zero-order valence-corrected chi connectivity index (χ0v) is 13.4. The maximum Gasteiger partial charge on any atom is 0.206 e. The van der Waals surface area contributed by atoms with Gasteiger partial charge in [0.15, 0.2) is 5.01 Å². The van der Waals surface area contributed by atoms with E-state index in [0.29, 0.717) is 6.61 Å². The lowest BCUT2D eigenvalue weighted by atomic mass is 10.1. The second kappa shape index (κ2) is 6.05. The molecule has 0 unspecified atom stereocenters. The maximum absolute atomic E-state index is 5.85. The molecule has 4 rings (SSSR count). The Morgan fingerprint density at radius 1 is 1.26 bits per heavy atom. The number of nitrogens with zero attached hydrogens (tertiary/aromatic N) is 5. The fourth-order valence-corrected chi connectivity index (χ4v) is 3.46. The molecule has 1 N–H and O–H groups in total. The topological polar surface area (TPSA) is 77.8 Å². The van der Waals surface area contributed by atoms with E-state index in [1.165, 1.54) is 11.3 Å². The van der Waals surface area contributed by atoms with E-state index in [-0.39, 0.29) is 12.1 Å². The molecular weight excluding hydrogens is 312 g/mol. The molecule has 0 saturated carbocycles. The van der Waals surface area contributed by atoms with Crippen LogP contribution in [0.3, 0.4) is 0 Å². The molecule has 0 bridgehead atoms. The molecule has 1 saturated heterocycles. The lowest BCUT2D eigenvalue weighted by molar-refractivity contribution is 0.0983. The van der Waals surface area contributed by atoms with Gasteiger partial charge >= 0.3 is 0 Å². The summed E-state index contributed by atoms with van der Waals surface area (Å²) in [4.78, 5) is 8.70. The van der Waals surface area contributed by atoms with E-state index in [0.717, 1.165) is 28.1 Å². The molecule has 23 heavy (non-hydrogen) atoms. The molecule has 3 aromatic rings. The first-order valence-corrected chi connectivity index (χ1v) is 8.23. The normalized spacial score (nSPS) is 20.7. The molecule has 8 heteroatoms. The first-order valence-electron chi connectivity index (χ1n) is 7.41. The van der Waals surface area contributed by atoms with Gasteiger partial charge in [0.05, 0.1) is 6.04 Å². The second-order valence-corrected chi connectivity index (χ2v) is 6.33. The number of aromatic nitrogens is 5. The molecule has 7 nitrogen and oxygen atoms in total. The predicted molar refractivity (Wildman–Crippen MR) is 87.1 cm³/mol. The molecule has 0 aliphatic carbocycles. The van der Waals surface area contributed by atoms with Gasteiger partial charge in [-0.05, 0) is 18.6 Å². The molecule has 0 radical (unpaired) electrons. The number of hydrogen-bond acceptors (Lipinski definition) is 7. The van der Waals surface area contributed by atoms with Gasteiger partial charge in [0.25, 0.3) is 0 Å². The Bertz CT molecular complexity index is 786. The van der Waals surface area contributed by atoms with Crippen LogP contribution in [-0.4, -0.2) is 37.4 Å². The molecule has 1 aliphatic heterocycles. The maximum atomic E-state index is 5.85. The molecule has 118 valence electrons. The SMILES string of the molecule is Cn1ccnc1[C@H]1OCC[C@@H]1Nc1nnc(-c2ccccn2)s1. The van der Waals surface area contributed by atoms with Crippen LogP contribution in [0, 0.1) is 0 Å². The largest absolute Gasteiger partial charge is 0.368 e. The van der Waals surface area contributed by atoms with Gasteiger partial charge in [-0.3, -0.25) is 4.98 Å². The number of hydrogen-bond donors (Lipinski definition) is 1. The lowest BCUT2D eigenvalue weighted by Crippen LogP contribution is -2.25. The molecule has 0 amide bonds. The van der Waals surface area contributed by atoms with Crippen LogP contribution in [0.4, 0.5) is 5.13 Å². The van der Waals surface area contributed by atoms with Gasteiger partial charge in [0.2, 0.25) is 5.13 Å². The van der Waals surface area contributed by atoms with Crippen LogP contribution in [0.5, 0.6) is 0 Å². The molecular formula is C15H16N6OS. The molecule has 3 aromatic heterocycles. The van der Waals surface area contributed by atoms with Crippen molar-refractivity contribution < 1.29 is 4.74 Å². The molecule has 1 fully saturated rings. The van der Waals surface area contributed by atoms with Crippen molar-refractivity contribution >= 4 is 16.5 Å². The zero-order chi connectivity index (χ0) is 15.6. The first-order chi connectivity index (χ1) is 11.3. The third-order valence-corrected chi connectivity index (χ3v) is 4.70. The van der Waals surface area contributed by atoms with Crippen molar-refractivity contribution in [2.45, 2.75) is 18.6 Å². The Morgan fingerprint density at radius 2 is 2.22 bits per heavy atom. The highest BCUT2D eigenvalue weighted by Gasteiger charge is 2.33. The van der Waals surface area contributed by atoms with E-state index < -0.39 is 0 Å². The summed E-state index contributed by atoms with van der Waals surface area (Å²) in [6.45, 7) is 0.709. The number of imidazole rings is 1. The summed E-state index contributed by atoms with van der Waals surface area (Å²) in [5.74, 6) is 0.925. The Labute approximate surface area is 137 Å². The van der Waals surface area contributed by atoms with Crippen LogP contribution in [0.15, 0.2) is 36.8 Å². The third-order valence-electron chi connectivity index (χ3n) is 3.82.